The van der Waals surface area contributed by atoms with E-state index in [-0.39, 0.29) is 31.1 Å². The van der Waals surface area contributed by atoms with E-state index in [1.54, 1.807) is 0 Å². The zero-order valence-electron chi connectivity index (χ0n) is 53.9. The van der Waals surface area contributed by atoms with Crippen molar-refractivity contribution >= 4 is 17.9 Å². The Bertz CT molecular complexity index is 1230. The third kappa shape index (κ3) is 66.8. The number of hydrogen-bond donors (Lipinski definition) is 0. The van der Waals surface area contributed by atoms with Gasteiger partial charge >= 0.3 is 17.9 Å². The Morgan fingerprint density at radius 2 is 0.418 bits per heavy atom. The second-order valence-corrected chi connectivity index (χ2v) is 24.9. The molecule has 6 heteroatoms. The molecule has 0 heterocycles. The molecule has 0 aromatic rings. The van der Waals surface area contributed by atoms with Crippen LogP contribution in [0.2, 0.25) is 0 Å². The van der Waals surface area contributed by atoms with Crippen LogP contribution in [0.4, 0.5) is 0 Å². The summed E-state index contributed by atoms with van der Waals surface area (Å²) in [6.45, 7) is 6.73. The fourth-order valence-electron chi connectivity index (χ4n) is 11.3. The van der Waals surface area contributed by atoms with Gasteiger partial charge in [-0.3, -0.25) is 14.4 Å². The first-order valence-corrected chi connectivity index (χ1v) is 36.2. The molecule has 6 nitrogen and oxygen atoms in total. The van der Waals surface area contributed by atoms with Gasteiger partial charge in [0.05, 0.1) is 0 Å². The highest BCUT2D eigenvalue weighted by molar-refractivity contribution is 5.71. The van der Waals surface area contributed by atoms with Crippen LogP contribution >= 0.6 is 0 Å². The zero-order valence-corrected chi connectivity index (χ0v) is 53.9. The highest BCUT2D eigenvalue weighted by Gasteiger charge is 2.19. The first kappa shape index (κ1) is 77.2. The Labute approximate surface area is 494 Å². The van der Waals surface area contributed by atoms with Crippen LogP contribution in [0, 0.1) is 0 Å². The number of carbonyl (C=O) groups is 3. The molecule has 1 unspecified atom stereocenters. The summed E-state index contributed by atoms with van der Waals surface area (Å²) in [7, 11) is 0. The van der Waals surface area contributed by atoms with Crippen molar-refractivity contribution in [1.82, 2.24) is 0 Å². The number of hydrogen-bond acceptors (Lipinski definition) is 6. The molecule has 0 bridgehead atoms. The Morgan fingerprint density at radius 3 is 0.633 bits per heavy atom. The van der Waals surface area contributed by atoms with E-state index in [0.717, 1.165) is 57.8 Å². The van der Waals surface area contributed by atoms with Gasteiger partial charge in [-0.1, -0.05) is 367 Å². The molecule has 0 aliphatic heterocycles. The van der Waals surface area contributed by atoms with Crippen LogP contribution in [-0.4, -0.2) is 37.2 Å². The smallest absolute Gasteiger partial charge is 0.306 e. The van der Waals surface area contributed by atoms with Crippen molar-refractivity contribution in [2.45, 2.75) is 425 Å². The number of rotatable bonds is 68. The maximum absolute atomic E-state index is 12.9. The molecule has 0 saturated heterocycles. The quantitative estimate of drug-likeness (QED) is 0.0261. The minimum atomic E-state index is -0.766. The molecule has 0 spiro atoms. The van der Waals surface area contributed by atoms with Crippen LogP contribution in [0.3, 0.4) is 0 Å². The van der Waals surface area contributed by atoms with Crippen molar-refractivity contribution in [3.63, 3.8) is 0 Å². The van der Waals surface area contributed by atoms with Crippen LogP contribution in [-0.2, 0) is 28.6 Å². The van der Waals surface area contributed by atoms with Crippen molar-refractivity contribution in [2.24, 2.45) is 0 Å². The van der Waals surface area contributed by atoms with Crippen LogP contribution in [0.5, 0.6) is 0 Å². The second kappa shape index (κ2) is 68.6. The monoisotopic (exact) mass is 1110 g/mol. The molecular weight excluding hydrogens is 973 g/mol. The highest BCUT2D eigenvalue weighted by Crippen LogP contribution is 2.19. The number of ether oxygens (including phenoxy) is 3. The van der Waals surface area contributed by atoms with Gasteiger partial charge in [0.25, 0.3) is 0 Å². The maximum Gasteiger partial charge on any atom is 0.306 e. The number of unbranched alkanes of at least 4 members (excludes halogenated alkanes) is 55. The average molecular weight is 1110 g/mol. The van der Waals surface area contributed by atoms with E-state index in [0.29, 0.717) is 19.3 Å². The molecule has 0 radical (unpaired) electrons. The van der Waals surface area contributed by atoms with Crippen molar-refractivity contribution < 1.29 is 28.6 Å². The lowest BCUT2D eigenvalue weighted by atomic mass is 10.0. The van der Waals surface area contributed by atoms with E-state index in [9.17, 15) is 14.4 Å². The van der Waals surface area contributed by atoms with Gasteiger partial charge in [-0.2, -0.15) is 0 Å². The number of allylic oxidation sites excluding steroid dienone is 2. The summed E-state index contributed by atoms with van der Waals surface area (Å²) in [5, 5.41) is 0. The summed E-state index contributed by atoms with van der Waals surface area (Å²) >= 11 is 0. The molecule has 79 heavy (non-hydrogen) atoms. The van der Waals surface area contributed by atoms with Gasteiger partial charge in [-0.05, 0) is 44.9 Å². The van der Waals surface area contributed by atoms with E-state index in [4.69, 9.17) is 14.2 Å². The molecule has 0 fully saturated rings. The molecule has 468 valence electrons. The summed E-state index contributed by atoms with van der Waals surface area (Å²) < 4.78 is 17.0. The highest BCUT2D eigenvalue weighted by atomic mass is 16.6. The van der Waals surface area contributed by atoms with Gasteiger partial charge in [0.2, 0.25) is 0 Å². The van der Waals surface area contributed by atoms with Gasteiger partial charge in [-0.25, -0.2) is 0 Å². The van der Waals surface area contributed by atoms with E-state index in [1.807, 2.05) is 0 Å². The SMILES string of the molecule is CCCCCCCCCC/C=C\CCCCCCCCCCCCCC(=O)OC(COC(=O)CCCCCCCCCCCCCC)COC(=O)CCCCCCCCCCCCCCCCCCCCCCCCCCCC. The lowest BCUT2D eigenvalue weighted by Gasteiger charge is -2.18. The molecule has 0 aliphatic rings. The van der Waals surface area contributed by atoms with Gasteiger partial charge in [0.1, 0.15) is 13.2 Å². The Balaban J connectivity index is 4.17. The van der Waals surface area contributed by atoms with Crippen LogP contribution in [0.15, 0.2) is 12.2 Å². The van der Waals surface area contributed by atoms with E-state index >= 15 is 0 Å². The minimum Gasteiger partial charge on any atom is -0.462 e. The summed E-state index contributed by atoms with van der Waals surface area (Å²) in [4.78, 5) is 38.4. The predicted octanol–water partition coefficient (Wildman–Crippen LogP) is 24.8. The molecule has 0 N–H and O–H groups in total. The van der Waals surface area contributed by atoms with Gasteiger partial charge in [-0.15, -0.1) is 0 Å². The van der Waals surface area contributed by atoms with Crippen LogP contribution in [0.25, 0.3) is 0 Å². The molecule has 0 rings (SSSR count). The van der Waals surface area contributed by atoms with Crippen molar-refractivity contribution in [1.29, 1.82) is 0 Å². The molecule has 0 saturated carbocycles. The standard InChI is InChI=1S/C73H140O6/c1-4-7-10-13-16-19-22-25-27-29-31-33-35-36-37-39-40-42-44-46-48-51-54-57-60-63-66-72(75)78-69-70(68-77-71(74)65-62-59-56-53-50-24-21-18-15-12-9-6-3)79-73(76)67-64-61-58-55-52-49-47-45-43-41-38-34-32-30-28-26-23-20-17-14-11-8-5-2/h30,32,70H,4-29,31,33-69H2,1-3H3/b32-30-. The average Bonchev–Trinajstić information content (AvgIpc) is 3.45. The van der Waals surface area contributed by atoms with Gasteiger partial charge < -0.3 is 14.2 Å². The van der Waals surface area contributed by atoms with E-state index in [1.165, 1.54) is 321 Å². The third-order valence-corrected chi connectivity index (χ3v) is 16.8. The maximum atomic E-state index is 12.9. The normalized spacial score (nSPS) is 12.0. The molecule has 0 aromatic heterocycles. The summed E-state index contributed by atoms with van der Waals surface area (Å²) in [5.41, 5.74) is 0. The molecule has 1 atom stereocenters. The predicted molar refractivity (Wildman–Crippen MR) is 344 cm³/mol. The van der Waals surface area contributed by atoms with Crippen molar-refractivity contribution in [3.05, 3.63) is 12.2 Å². The first-order valence-electron chi connectivity index (χ1n) is 36.2. The van der Waals surface area contributed by atoms with Gasteiger partial charge in [0.15, 0.2) is 6.10 Å². The topological polar surface area (TPSA) is 78.9 Å². The lowest BCUT2D eigenvalue weighted by Crippen LogP contribution is -2.30. The van der Waals surface area contributed by atoms with Crippen molar-refractivity contribution in [2.75, 3.05) is 13.2 Å². The van der Waals surface area contributed by atoms with Crippen LogP contribution in [0.1, 0.15) is 419 Å². The zero-order chi connectivity index (χ0) is 57.1. The molecular formula is C73H140O6. The minimum absolute atomic E-state index is 0.0631. The largest absolute Gasteiger partial charge is 0.462 e. The first-order chi connectivity index (χ1) is 39.0. The number of carbonyl (C=O) groups excluding carboxylic acids is 3. The Hall–Kier alpha value is -1.85. The molecule has 0 aromatic carbocycles. The van der Waals surface area contributed by atoms with E-state index < -0.39 is 6.10 Å². The molecule has 0 aliphatic carbocycles. The second-order valence-electron chi connectivity index (χ2n) is 24.9. The summed E-state index contributed by atoms with van der Waals surface area (Å²) in [6.07, 6.45) is 82.5. The fourth-order valence-corrected chi connectivity index (χ4v) is 11.3. The summed E-state index contributed by atoms with van der Waals surface area (Å²) in [6, 6.07) is 0. The molecule has 0 amide bonds. The fraction of sp³-hybridized carbons (Fsp3) is 0.932. The van der Waals surface area contributed by atoms with Crippen molar-refractivity contribution in [3.8, 4) is 0 Å². The van der Waals surface area contributed by atoms with Crippen LogP contribution < -0.4 is 0 Å². The summed E-state index contributed by atoms with van der Waals surface area (Å²) in [5.74, 6) is -0.829. The Kier molecular flexibility index (Phi) is 67.0. The van der Waals surface area contributed by atoms with Gasteiger partial charge in [0, 0.05) is 19.3 Å². The van der Waals surface area contributed by atoms with E-state index in [2.05, 4.69) is 32.9 Å². The Morgan fingerprint density at radius 1 is 0.241 bits per heavy atom. The third-order valence-electron chi connectivity index (χ3n) is 16.8. The lowest BCUT2D eigenvalue weighted by molar-refractivity contribution is -0.167. The number of esters is 3.